The summed E-state index contributed by atoms with van der Waals surface area (Å²) in [6.45, 7) is 2.56. The van der Waals surface area contributed by atoms with Crippen LogP contribution >= 0.6 is 0 Å². The summed E-state index contributed by atoms with van der Waals surface area (Å²) >= 11 is 0. The zero-order valence-electron chi connectivity index (χ0n) is 16.8. The Hall–Kier alpha value is -2.29. The van der Waals surface area contributed by atoms with E-state index in [1.54, 1.807) is 19.1 Å². The topological polar surface area (TPSA) is 83.5 Å². The molecule has 30 heavy (non-hydrogen) atoms. The van der Waals surface area contributed by atoms with Crippen molar-refractivity contribution < 1.29 is 33.6 Å². The summed E-state index contributed by atoms with van der Waals surface area (Å²) in [4.78, 5) is 12.6. The van der Waals surface area contributed by atoms with Gasteiger partial charge in [0.1, 0.15) is 24.4 Å². The molecule has 2 heterocycles. The molecule has 4 rings (SSSR count). The molecule has 2 aliphatic heterocycles. The quantitative estimate of drug-likeness (QED) is 0.664. The van der Waals surface area contributed by atoms with Gasteiger partial charge in [0.05, 0.1) is 19.8 Å². The van der Waals surface area contributed by atoms with E-state index in [0.717, 1.165) is 5.56 Å². The van der Waals surface area contributed by atoms with Gasteiger partial charge in [-0.25, -0.2) is 4.79 Å². The molecule has 0 amide bonds. The van der Waals surface area contributed by atoms with Crippen molar-refractivity contribution in [1.82, 2.24) is 0 Å². The zero-order chi connectivity index (χ0) is 20.9. The summed E-state index contributed by atoms with van der Waals surface area (Å²) in [6, 6.07) is 18.7. The molecule has 2 bridgehead atoms. The largest absolute Gasteiger partial charge is 0.464 e. The van der Waals surface area contributed by atoms with Crippen LogP contribution < -0.4 is 0 Å². The normalized spacial score (nSPS) is 28.8. The summed E-state index contributed by atoms with van der Waals surface area (Å²) in [5.74, 6) is -0.530. The van der Waals surface area contributed by atoms with E-state index in [4.69, 9.17) is 23.7 Å². The van der Waals surface area contributed by atoms with Crippen LogP contribution in [0.3, 0.4) is 0 Å². The molecule has 0 radical (unpaired) electrons. The Morgan fingerprint density at radius 1 is 1.10 bits per heavy atom. The number of rotatable bonds is 8. The first kappa shape index (κ1) is 21.0. The highest BCUT2D eigenvalue weighted by Gasteiger charge is 2.52. The van der Waals surface area contributed by atoms with Gasteiger partial charge in [0.2, 0.25) is 0 Å². The van der Waals surface area contributed by atoms with Crippen molar-refractivity contribution >= 4 is 5.97 Å². The van der Waals surface area contributed by atoms with Crippen LogP contribution in [0.2, 0.25) is 0 Å². The van der Waals surface area contributed by atoms with Gasteiger partial charge in [0.15, 0.2) is 12.4 Å². The fourth-order valence-corrected chi connectivity index (χ4v) is 3.74. The van der Waals surface area contributed by atoms with Crippen molar-refractivity contribution in [1.29, 1.82) is 0 Å². The minimum atomic E-state index is -1.03. The smallest absolute Gasteiger partial charge is 0.339 e. The molecule has 7 nitrogen and oxygen atoms in total. The molecule has 2 aromatic rings. The van der Waals surface area contributed by atoms with Crippen LogP contribution in [-0.2, 0) is 35.1 Å². The highest BCUT2D eigenvalue weighted by atomic mass is 16.8. The number of aliphatic hydroxyl groups excluding tert-OH is 1. The summed E-state index contributed by atoms with van der Waals surface area (Å²) in [5, 5.41) is 11.0. The predicted molar refractivity (Wildman–Crippen MR) is 106 cm³/mol. The van der Waals surface area contributed by atoms with E-state index in [1.165, 1.54) is 0 Å². The number of aliphatic hydroxyl groups is 1. The standard InChI is InChI=1S/C23H26O7/c1-2-26-22(25)19(16-11-7-4-8-12-16)30-21-18(24)20(17-14-28-23(21)29-17)27-13-15-9-5-3-6-10-15/h3-12,17-21,23-24H,2,13-14H2,1H3/t17-,18+,19+,20+,21-,23-/m1/s1. The second-order valence-corrected chi connectivity index (χ2v) is 7.27. The summed E-state index contributed by atoms with van der Waals surface area (Å²) in [7, 11) is 0. The van der Waals surface area contributed by atoms with Crippen molar-refractivity contribution in [2.45, 2.75) is 50.3 Å². The number of hydrogen-bond acceptors (Lipinski definition) is 7. The first-order valence-corrected chi connectivity index (χ1v) is 10.1. The van der Waals surface area contributed by atoms with E-state index in [1.807, 2.05) is 48.5 Å². The Balaban J connectivity index is 1.50. The average molecular weight is 414 g/mol. The number of fused-ring (bicyclic) bond motifs is 2. The molecule has 0 aliphatic carbocycles. The molecular weight excluding hydrogens is 388 g/mol. The highest BCUT2D eigenvalue weighted by Crippen LogP contribution is 2.35. The monoisotopic (exact) mass is 414 g/mol. The second-order valence-electron chi connectivity index (χ2n) is 7.27. The lowest BCUT2D eigenvalue weighted by Gasteiger charge is -2.39. The Morgan fingerprint density at radius 3 is 2.50 bits per heavy atom. The SMILES string of the molecule is CCOC(=O)[C@@H](O[C@H]1[C@@H]2OC[C@@H](O2)[C@H](OCc2ccccc2)[C@@H]1O)c1ccccc1. The van der Waals surface area contributed by atoms with Gasteiger partial charge >= 0.3 is 5.97 Å². The van der Waals surface area contributed by atoms with Gasteiger partial charge < -0.3 is 28.8 Å². The first-order chi connectivity index (χ1) is 14.7. The van der Waals surface area contributed by atoms with Crippen molar-refractivity contribution in [2.75, 3.05) is 13.2 Å². The van der Waals surface area contributed by atoms with E-state index in [-0.39, 0.29) is 13.2 Å². The molecule has 0 saturated carbocycles. The van der Waals surface area contributed by atoms with Crippen molar-refractivity contribution in [3.8, 4) is 0 Å². The molecule has 0 spiro atoms. The lowest BCUT2D eigenvalue weighted by molar-refractivity contribution is -0.264. The Morgan fingerprint density at radius 2 is 1.80 bits per heavy atom. The third-order valence-electron chi connectivity index (χ3n) is 5.22. The van der Waals surface area contributed by atoms with Gasteiger partial charge in [0, 0.05) is 0 Å². The lowest BCUT2D eigenvalue weighted by atomic mass is 9.99. The van der Waals surface area contributed by atoms with Crippen LogP contribution in [0, 0.1) is 0 Å². The molecule has 2 aromatic carbocycles. The number of esters is 1. The van der Waals surface area contributed by atoms with Gasteiger partial charge in [-0.1, -0.05) is 60.7 Å². The minimum Gasteiger partial charge on any atom is -0.464 e. The van der Waals surface area contributed by atoms with Crippen LogP contribution in [0.1, 0.15) is 24.2 Å². The number of ether oxygens (including phenoxy) is 5. The van der Waals surface area contributed by atoms with E-state index in [2.05, 4.69) is 0 Å². The van der Waals surface area contributed by atoms with Crippen LogP contribution in [0.15, 0.2) is 60.7 Å². The molecule has 7 heteroatoms. The fourth-order valence-electron chi connectivity index (χ4n) is 3.74. The Bertz CT molecular complexity index is 813. The van der Waals surface area contributed by atoms with Crippen LogP contribution in [0.25, 0.3) is 0 Å². The van der Waals surface area contributed by atoms with Gasteiger partial charge in [-0.3, -0.25) is 0 Å². The molecule has 0 aromatic heterocycles. The van der Waals surface area contributed by atoms with Gasteiger partial charge in [0.25, 0.3) is 0 Å². The number of hydrogen-bond donors (Lipinski definition) is 1. The third-order valence-corrected chi connectivity index (χ3v) is 5.22. The fraction of sp³-hybridized carbons (Fsp3) is 0.435. The lowest BCUT2D eigenvalue weighted by Crippen LogP contribution is -2.56. The minimum absolute atomic E-state index is 0.222. The maximum Gasteiger partial charge on any atom is 0.339 e. The van der Waals surface area contributed by atoms with E-state index < -0.39 is 42.8 Å². The van der Waals surface area contributed by atoms with Gasteiger partial charge in [-0.15, -0.1) is 0 Å². The predicted octanol–water partition coefficient (Wildman–Crippen LogP) is 2.38. The maximum absolute atomic E-state index is 12.6. The summed E-state index contributed by atoms with van der Waals surface area (Å²) in [6.07, 6.45) is -4.76. The summed E-state index contributed by atoms with van der Waals surface area (Å²) < 4.78 is 28.8. The molecule has 160 valence electrons. The van der Waals surface area contributed by atoms with Crippen molar-refractivity contribution in [3.05, 3.63) is 71.8 Å². The maximum atomic E-state index is 12.6. The van der Waals surface area contributed by atoms with Crippen molar-refractivity contribution in [2.24, 2.45) is 0 Å². The van der Waals surface area contributed by atoms with Gasteiger partial charge in [-0.2, -0.15) is 0 Å². The molecular formula is C23H26O7. The van der Waals surface area contributed by atoms with Crippen LogP contribution in [0.4, 0.5) is 0 Å². The van der Waals surface area contributed by atoms with Crippen molar-refractivity contribution in [3.63, 3.8) is 0 Å². The molecule has 2 saturated heterocycles. The van der Waals surface area contributed by atoms with E-state index in [0.29, 0.717) is 12.2 Å². The number of carbonyl (C=O) groups excluding carboxylic acids is 1. The molecule has 1 N–H and O–H groups in total. The van der Waals surface area contributed by atoms with E-state index >= 15 is 0 Å². The van der Waals surface area contributed by atoms with Gasteiger partial charge in [-0.05, 0) is 18.1 Å². The molecule has 2 aliphatic rings. The average Bonchev–Trinajstić information content (AvgIpc) is 3.21. The Labute approximate surface area is 175 Å². The Kier molecular flexibility index (Phi) is 6.76. The molecule has 2 fully saturated rings. The van der Waals surface area contributed by atoms with E-state index in [9.17, 15) is 9.90 Å². The number of benzene rings is 2. The van der Waals surface area contributed by atoms with Crippen LogP contribution in [0.5, 0.6) is 0 Å². The number of carbonyl (C=O) groups is 1. The molecule has 6 atom stereocenters. The first-order valence-electron chi connectivity index (χ1n) is 10.1. The third kappa shape index (κ3) is 4.55. The summed E-state index contributed by atoms with van der Waals surface area (Å²) in [5.41, 5.74) is 1.61. The van der Waals surface area contributed by atoms with Crippen LogP contribution in [-0.4, -0.2) is 55.0 Å². The zero-order valence-corrected chi connectivity index (χ0v) is 16.8. The molecule has 0 unspecified atom stereocenters. The highest BCUT2D eigenvalue weighted by molar-refractivity contribution is 5.76. The second kappa shape index (κ2) is 9.68.